The number of hydrogen-bond donors (Lipinski definition) is 1. The highest BCUT2D eigenvalue weighted by Crippen LogP contribution is 2.31. The smallest absolute Gasteiger partial charge is 0.244 e. The van der Waals surface area contributed by atoms with Gasteiger partial charge in [0.1, 0.15) is 0 Å². The lowest BCUT2D eigenvalue weighted by Gasteiger charge is -2.32. The molecule has 0 aliphatic carbocycles. The molecule has 1 fully saturated rings. The van der Waals surface area contributed by atoms with Crippen LogP contribution in [0.5, 0.6) is 0 Å². The van der Waals surface area contributed by atoms with Crippen molar-refractivity contribution in [1.29, 1.82) is 0 Å². The normalized spacial score (nSPS) is 17.2. The lowest BCUT2D eigenvalue weighted by molar-refractivity contribution is -0.118. The molecule has 6 nitrogen and oxygen atoms in total. The van der Waals surface area contributed by atoms with Crippen molar-refractivity contribution in [2.75, 3.05) is 24.7 Å². The summed E-state index contributed by atoms with van der Waals surface area (Å²) < 4.78 is 5.58. The van der Waals surface area contributed by atoms with Crippen LogP contribution in [0.15, 0.2) is 64.0 Å². The molecule has 0 radical (unpaired) electrons. The molecule has 4 rings (SSSR count). The summed E-state index contributed by atoms with van der Waals surface area (Å²) in [5.74, 6) is 1.14. The zero-order valence-electron chi connectivity index (χ0n) is 16.4. The fourth-order valence-corrected chi connectivity index (χ4v) is 4.08. The van der Waals surface area contributed by atoms with Crippen LogP contribution in [-0.4, -0.2) is 40.3 Å². The molecule has 2 aromatic carbocycles. The van der Waals surface area contributed by atoms with E-state index in [-0.39, 0.29) is 11.9 Å². The van der Waals surface area contributed by atoms with Crippen LogP contribution in [0.3, 0.4) is 0 Å². The summed E-state index contributed by atoms with van der Waals surface area (Å²) in [6, 6.07) is 17.6. The van der Waals surface area contributed by atoms with Crippen molar-refractivity contribution in [2.24, 2.45) is 0 Å². The van der Waals surface area contributed by atoms with Gasteiger partial charge in [0.25, 0.3) is 0 Å². The molecule has 0 spiro atoms. The molecular weight excluding hydrogens is 384 g/mol. The summed E-state index contributed by atoms with van der Waals surface area (Å²) in [5.41, 5.74) is 1.75. The third-order valence-corrected chi connectivity index (χ3v) is 5.80. The Kier molecular flexibility index (Phi) is 6.27. The van der Waals surface area contributed by atoms with Gasteiger partial charge in [0.05, 0.1) is 12.6 Å². The van der Waals surface area contributed by atoms with Gasteiger partial charge in [-0.05, 0) is 43.8 Å². The first-order valence-electron chi connectivity index (χ1n) is 9.80. The number of piperidine rings is 1. The fraction of sp³-hybridized carbons (Fsp3) is 0.318. The van der Waals surface area contributed by atoms with Gasteiger partial charge in [-0.25, -0.2) is 0 Å². The molecule has 1 aliphatic rings. The molecule has 1 N–H and O–H groups in total. The monoisotopic (exact) mass is 408 g/mol. The Morgan fingerprint density at radius 3 is 2.90 bits per heavy atom. The second kappa shape index (κ2) is 9.24. The Morgan fingerprint density at radius 1 is 1.21 bits per heavy atom. The SMILES string of the molecule is CSc1cccc(NC(=O)CN2CCCC[C@@H]2c2nc(-c3ccccc3)no2)c1. The maximum absolute atomic E-state index is 12.7. The van der Waals surface area contributed by atoms with Crippen LogP contribution >= 0.6 is 11.8 Å². The van der Waals surface area contributed by atoms with E-state index in [0.717, 1.165) is 42.0 Å². The number of likely N-dealkylation sites (tertiary alicyclic amines) is 1. The Morgan fingerprint density at radius 2 is 2.07 bits per heavy atom. The average Bonchev–Trinajstić information content (AvgIpc) is 3.25. The molecule has 2 heterocycles. The number of carbonyl (C=O) groups excluding carboxylic acids is 1. The maximum atomic E-state index is 12.7. The van der Waals surface area contributed by atoms with E-state index in [1.807, 2.05) is 60.9 Å². The van der Waals surface area contributed by atoms with Gasteiger partial charge in [-0.3, -0.25) is 9.69 Å². The van der Waals surface area contributed by atoms with Crippen molar-refractivity contribution in [2.45, 2.75) is 30.2 Å². The van der Waals surface area contributed by atoms with Crippen molar-refractivity contribution in [3.05, 3.63) is 60.5 Å². The Hall–Kier alpha value is -2.64. The average molecular weight is 409 g/mol. The minimum atomic E-state index is -0.0306. The lowest BCUT2D eigenvalue weighted by atomic mass is 10.0. The second-order valence-electron chi connectivity index (χ2n) is 7.08. The van der Waals surface area contributed by atoms with Crippen molar-refractivity contribution >= 4 is 23.4 Å². The first-order chi connectivity index (χ1) is 14.2. The number of aromatic nitrogens is 2. The van der Waals surface area contributed by atoms with E-state index in [4.69, 9.17) is 4.52 Å². The summed E-state index contributed by atoms with van der Waals surface area (Å²) >= 11 is 1.65. The zero-order valence-corrected chi connectivity index (χ0v) is 17.2. The van der Waals surface area contributed by atoms with Gasteiger partial charge in [0.2, 0.25) is 17.6 Å². The second-order valence-corrected chi connectivity index (χ2v) is 7.96. The molecule has 3 aromatic rings. The lowest BCUT2D eigenvalue weighted by Crippen LogP contribution is -2.39. The number of nitrogens with one attached hydrogen (secondary N) is 1. The molecule has 1 amide bonds. The molecular formula is C22H24N4O2S. The quantitative estimate of drug-likeness (QED) is 0.600. The van der Waals surface area contributed by atoms with Crippen LogP contribution in [-0.2, 0) is 4.79 Å². The van der Waals surface area contributed by atoms with E-state index >= 15 is 0 Å². The van der Waals surface area contributed by atoms with Crippen molar-refractivity contribution in [3.63, 3.8) is 0 Å². The van der Waals surface area contributed by atoms with Gasteiger partial charge in [-0.2, -0.15) is 4.98 Å². The van der Waals surface area contributed by atoms with Crippen LogP contribution in [0.2, 0.25) is 0 Å². The van der Waals surface area contributed by atoms with Crippen LogP contribution in [0.25, 0.3) is 11.4 Å². The fourth-order valence-electron chi connectivity index (χ4n) is 3.62. The Labute approximate surface area is 174 Å². The number of anilines is 1. The molecule has 150 valence electrons. The van der Waals surface area contributed by atoms with E-state index in [1.165, 1.54) is 0 Å². The number of thioether (sulfide) groups is 1. The molecule has 1 atom stereocenters. The highest BCUT2D eigenvalue weighted by molar-refractivity contribution is 7.98. The molecule has 1 aromatic heterocycles. The molecule has 0 saturated carbocycles. The molecule has 1 saturated heterocycles. The number of rotatable bonds is 6. The van der Waals surface area contributed by atoms with Gasteiger partial charge >= 0.3 is 0 Å². The third kappa shape index (κ3) is 4.86. The van der Waals surface area contributed by atoms with Gasteiger partial charge in [0, 0.05) is 16.1 Å². The zero-order chi connectivity index (χ0) is 20.1. The van der Waals surface area contributed by atoms with Crippen LogP contribution in [0, 0.1) is 0 Å². The first-order valence-corrected chi connectivity index (χ1v) is 11.0. The van der Waals surface area contributed by atoms with Gasteiger partial charge in [-0.1, -0.05) is 48.0 Å². The van der Waals surface area contributed by atoms with E-state index in [0.29, 0.717) is 18.3 Å². The van der Waals surface area contributed by atoms with E-state index in [1.54, 1.807) is 11.8 Å². The van der Waals surface area contributed by atoms with Gasteiger partial charge in [-0.15, -0.1) is 11.8 Å². The predicted octanol–water partition coefficient (Wildman–Crippen LogP) is 4.62. The number of amides is 1. The van der Waals surface area contributed by atoms with Crippen molar-refractivity contribution in [1.82, 2.24) is 15.0 Å². The number of carbonyl (C=O) groups is 1. The van der Waals surface area contributed by atoms with Crippen LogP contribution < -0.4 is 5.32 Å². The largest absolute Gasteiger partial charge is 0.337 e. The van der Waals surface area contributed by atoms with Gasteiger partial charge < -0.3 is 9.84 Å². The van der Waals surface area contributed by atoms with E-state index < -0.39 is 0 Å². The number of benzene rings is 2. The molecule has 0 bridgehead atoms. The first kappa shape index (κ1) is 19.7. The summed E-state index contributed by atoms with van der Waals surface area (Å²) in [6.07, 6.45) is 5.08. The summed E-state index contributed by atoms with van der Waals surface area (Å²) in [7, 11) is 0. The molecule has 7 heteroatoms. The topological polar surface area (TPSA) is 71.3 Å². The standard InChI is InChI=1S/C22H24N4O2S/c1-29-18-11-7-10-17(14-18)23-20(27)15-26-13-6-5-12-19(26)22-24-21(25-28-22)16-8-3-2-4-9-16/h2-4,7-11,14,19H,5-6,12-13,15H2,1H3,(H,23,27)/t19-/m1/s1. The van der Waals surface area contributed by atoms with Crippen LogP contribution in [0.1, 0.15) is 31.2 Å². The summed E-state index contributed by atoms with van der Waals surface area (Å²) in [5, 5.41) is 7.15. The Balaban J connectivity index is 1.45. The summed E-state index contributed by atoms with van der Waals surface area (Å²) in [4.78, 5) is 20.5. The van der Waals surface area contributed by atoms with Crippen LogP contribution in [0.4, 0.5) is 5.69 Å². The van der Waals surface area contributed by atoms with Gasteiger partial charge in [0.15, 0.2) is 0 Å². The highest BCUT2D eigenvalue weighted by Gasteiger charge is 2.30. The molecule has 29 heavy (non-hydrogen) atoms. The number of hydrogen-bond acceptors (Lipinski definition) is 6. The predicted molar refractivity (Wildman–Crippen MR) is 115 cm³/mol. The third-order valence-electron chi connectivity index (χ3n) is 5.07. The van der Waals surface area contributed by atoms with Crippen molar-refractivity contribution in [3.8, 4) is 11.4 Å². The number of nitrogens with zero attached hydrogens (tertiary/aromatic N) is 3. The highest BCUT2D eigenvalue weighted by atomic mass is 32.2. The maximum Gasteiger partial charge on any atom is 0.244 e. The Bertz CT molecular complexity index is 960. The van der Waals surface area contributed by atoms with Crippen molar-refractivity contribution < 1.29 is 9.32 Å². The molecule has 1 aliphatic heterocycles. The minimum absolute atomic E-state index is 0.0297. The van der Waals surface area contributed by atoms with E-state index in [9.17, 15) is 4.79 Å². The van der Waals surface area contributed by atoms with E-state index in [2.05, 4.69) is 20.4 Å². The molecule has 0 unspecified atom stereocenters. The summed E-state index contributed by atoms with van der Waals surface area (Å²) in [6.45, 7) is 1.14. The minimum Gasteiger partial charge on any atom is -0.337 e.